The lowest BCUT2D eigenvalue weighted by molar-refractivity contribution is -0.137. The molecule has 0 aliphatic heterocycles. The van der Waals surface area contributed by atoms with E-state index in [1.54, 1.807) is 24.5 Å². The fourth-order valence-electron chi connectivity index (χ4n) is 2.16. The number of amides is 1. The first-order valence-electron chi connectivity index (χ1n) is 7.25. The lowest BCUT2D eigenvalue weighted by Crippen LogP contribution is -2.23. The normalized spacial score (nSPS) is 11.3. The van der Waals surface area contributed by atoms with Gasteiger partial charge in [-0.1, -0.05) is 17.3 Å². The van der Waals surface area contributed by atoms with Crippen molar-refractivity contribution in [3.8, 4) is 11.3 Å². The quantitative estimate of drug-likeness (QED) is 0.782. The molecular weight excluding hydrogens is 335 g/mol. The summed E-state index contributed by atoms with van der Waals surface area (Å²) in [6.45, 7) is -0.0577. The van der Waals surface area contributed by atoms with Gasteiger partial charge in [-0.25, -0.2) is 0 Å². The van der Waals surface area contributed by atoms with Crippen LogP contribution in [0.2, 0.25) is 0 Å². The Morgan fingerprint density at radius 3 is 2.72 bits per heavy atom. The van der Waals surface area contributed by atoms with Crippen molar-refractivity contribution in [2.75, 3.05) is 0 Å². The lowest BCUT2D eigenvalue weighted by Gasteiger charge is -2.09. The zero-order valence-corrected chi connectivity index (χ0v) is 12.7. The van der Waals surface area contributed by atoms with Gasteiger partial charge < -0.3 is 9.84 Å². The standard InChI is InChI=1S/C17H12F3N3O2/c18-17(19,20)13-5-1-3-11(7-13)9-22-16(24)14-8-15(25-23-14)12-4-2-6-21-10-12/h1-8,10H,9H2,(H,22,24). The molecular formula is C17H12F3N3O2. The second kappa shape index (κ2) is 6.76. The molecule has 2 heterocycles. The third kappa shape index (κ3) is 4.03. The number of hydrogen-bond acceptors (Lipinski definition) is 4. The molecule has 8 heteroatoms. The fourth-order valence-corrected chi connectivity index (χ4v) is 2.16. The number of aromatic nitrogens is 2. The molecule has 2 aromatic heterocycles. The number of benzene rings is 1. The number of halogens is 3. The summed E-state index contributed by atoms with van der Waals surface area (Å²) in [5.74, 6) is -0.173. The molecule has 0 aliphatic carbocycles. The third-order valence-corrected chi connectivity index (χ3v) is 3.40. The predicted octanol–water partition coefficient (Wildman–Crippen LogP) is 3.69. The molecule has 0 spiro atoms. The summed E-state index contributed by atoms with van der Waals surface area (Å²) < 4.78 is 43.1. The molecule has 0 atom stereocenters. The molecule has 0 aliphatic rings. The number of hydrogen-bond donors (Lipinski definition) is 1. The Kier molecular flexibility index (Phi) is 4.51. The minimum atomic E-state index is -4.43. The van der Waals surface area contributed by atoms with Gasteiger partial charge in [0.05, 0.1) is 5.56 Å². The monoisotopic (exact) mass is 347 g/mol. The van der Waals surface area contributed by atoms with E-state index in [2.05, 4.69) is 15.5 Å². The molecule has 128 valence electrons. The topological polar surface area (TPSA) is 68.0 Å². The Balaban J connectivity index is 1.67. The second-order valence-electron chi connectivity index (χ2n) is 5.20. The number of carbonyl (C=O) groups excluding carboxylic acids is 1. The predicted molar refractivity (Wildman–Crippen MR) is 82.3 cm³/mol. The largest absolute Gasteiger partial charge is 0.416 e. The van der Waals surface area contributed by atoms with Crippen LogP contribution in [0.15, 0.2) is 59.4 Å². The Morgan fingerprint density at radius 1 is 1.16 bits per heavy atom. The summed E-state index contributed by atoms with van der Waals surface area (Å²) >= 11 is 0. The van der Waals surface area contributed by atoms with E-state index in [4.69, 9.17) is 4.52 Å². The van der Waals surface area contributed by atoms with Crippen LogP contribution >= 0.6 is 0 Å². The van der Waals surface area contributed by atoms with Crippen molar-refractivity contribution in [3.63, 3.8) is 0 Å². The summed E-state index contributed by atoms with van der Waals surface area (Å²) in [7, 11) is 0. The van der Waals surface area contributed by atoms with Gasteiger partial charge in [0.1, 0.15) is 0 Å². The minimum Gasteiger partial charge on any atom is -0.355 e. The molecule has 3 rings (SSSR count). The highest BCUT2D eigenvalue weighted by Crippen LogP contribution is 2.29. The van der Waals surface area contributed by atoms with E-state index < -0.39 is 17.6 Å². The van der Waals surface area contributed by atoms with Gasteiger partial charge in [-0.2, -0.15) is 13.2 Å². The van der Waals surface area contributed by atoms with Crippen LogP contribution in [-0.4, -0.2) is 16.0 Å². The van der Waals surface area contributed by atoms with Crippen molar-refractivity contribution >= 4 is 5.91 Å². The molecule has 0 radical (unpaired) electrons. The van der Waals surface area contributed by atoms with Crippen LogP contribution in [0.4, 0.5) is 13.2 Å². The highest BCUT2D eigenvalue weighted by molar-refractivity contribution is 5.93. The number of rotatable bonds is 4. The molecule has 1 amide bonds. The average molecular weight is 347 g/mol. The zero-order valence-electron chi connectivity index (χ0n) is 12.7. The molecule has 25 heavy (non-hydrogen) atoms. The Bertz CT molecular complexity index is 876. The Hall–Kier alpha value is -3.16. The molecule has 1 aromatic carbocycles. The molecule has 0 fully saturated rings. The van der Waals surface area contributed by atoms with Crippen LogP contribution < -0.4 is 5.32 Å². The molecule has 0 saturated heterocycles. The van der Waals surface area contributed by atoms with E-state index in [0.717, 1.165) is 12.1 Å². The van der Waals surface area contributed by atoms with Gasteiger partial charge in [0.15, 0.2) is 11.5 Å². The minimum absolute atomic E-state index is 0.0332. The van der Waals surface area contributed by atoms with Crippen molar-refractivity contribution < 1.29 is 22.5 Å². The van der Waals surface area contributed by atoms with Gasteiger partial charge in [0.25, 0.3) is 5.91 Å². The number of pyridine rings is 1. The molecule has 0 bridgehead atoms. The van der Waals surface area contributed by atoms with Gasteiger partial charge >= 0.3 is 6.18 Å². The average Bonchev–Trinajstić information content (AvgIpc) is 3.10. The maximum Gasteiger partial charge on any atom is 0.416 e. The van der Waals surface area contributed by atoms with Gasteiger partial charge in [-0.15, -0.1) is 0 Å². The molecule has 0 unspecified atom stereocenters. The van der Waals surface area contributed by atoms with Crippen LogP contribution in [0, 0.1) is 0 Å². The number of carbonyl (C=O) groups is 1. The van der Waals surface area contributed by atoms with Gasteiger partial charge in [0.2, 0.25) is 0 Å². The summed E-state index contributed by atoms with van der Waals surface area (Å²) in [5.41, 5.74) is 0.261. The van der Waals surface area contributed by atoms with Crippen molar-refractivity contribution in [2.45, 2.75) is 12.7 Å². The zero-order chi connectivity index (χ0) is 17.9. The van der Waals surface area contributed by atoms with Crippen molar-refractivity contribution in [1.82, 2.24) is 15.5 Å². The molecule has 0 saturated carbocycles. The lowest BCUT2D eigenvalue weighted by atomic mass is 10.1. The SMILES string of the molecule is O=C(NCc1cccc(C(F)(F)F)c1)c1cc(-c2cccnc2)on1. The smallest absolute Gasteiger partial charge is 0.355 e. The van der Waals surface area contributed by atoms with Crippen LogP contribution in [0.5, 0.6) is 0 Å². The number of nitrogens with one attached hydrogen (secondary N) is 1. The van der Waals surface area contributed by atoms with Gasteiger partial charge in [-0.05, 0) is 29.8 Å². The second-order valence-corrected chi connectivity index (χ2v) is 5.20. The molecule has 5 nitrogen and oxygen atoms in total. The number of nitrogens with zero attached hydrogens (tertiary/aromatic N) is 2. The highest BCUT2D eigenvalue weighted by atomic mass is 19.4. The number of alkyl halides is 3. The first-order valence-corrected chi connectivity index (χ1v) is 7.25. The van der Waals surface area contributed by atoms with Crippen LogP contribution in [0.3, 0.4) is 0 Å². The Labute approximate surface area is 140 Å². The summed E-state index contributed by atoms with van der Waals surface area (Å²) in [4.78, 5) is 16.0. The molecule has 3 aromatic rings. The van der Waals surface area contributed by atoms with E-state index in [-0.39, 0.29) is 12.2 Å². The summed E-state index contributed by atoms with van der Waals surface area (Å²) in [6.07, 6.45) is -1.27. The van der Waals surface area contributed by atoms with E-state index in [0.29, 0.717) is 16.9 Å². The van der Waals surface area contributed by atoms with Gasteiger partial charge in [0, 0.05) is 30.6 Å². The maximum absolute atomic E-state index is 12.7. The van der Waals surface area contributed by atoms with Crippen molar-refractivity contribution in [3.05, 3.63) is 71.7 Å². The van der Waals surface area contributed by atoms with Crippen molar-refractivity contribution in [2.24, 2.45) is 0 Å². The summed E-state index contributed by atoms with van der Waals surface area (Å²) in [5, 5.41) is 6.18. The first-order chi connectivity index (χ1) is 11.9. The third-order valence-electron chi connectivity index (χ3n) is 3.40. The van der Waals surface area contributed by atoms with E-state index >= 15 is 0 Å². The molecule has 1 N–H and O–H groups in total. The van der Waals surface area contributed by atoms with Crippen LogP contribution in [0.1, 0.15) is 21.6 Å². The highest BCUT2D eigenvalue weighted by Gasteiger charge is 2.30. The van der Waals surface area contributed by atoms with Crippen LogP contribution in [-0.2, 0) is 12.7 Å². The van der Waals surface area contributed by atoms with Crippen molar-refractivity contribution in [1.29, 1.82) is 0 Å². The maximum atomic E-state index is 12.7. The fraction of sp³-hybridized carbons (Fsp3) is 0.118. The van der Waals surface area contributed by atoms with E-state index in [1.165, 1.54) is 18.2 Å². The Morgan fingerprint density at radius 2 is 2.00 bits per heavy atom. The van der Waals surface area contributed by atoms with Gasteiger partial charge in [-0.3, -0.25) is 9.78 Å². The van der Waals surface area contributed by atoms with Crippen LogP contribution in [0.25, 0.3) is 11.3 Å². The van der Waals surface area contributed by atoms with E-state index in [1.807, 2.05) is 0 Å². The first kappa shape index (κ1) is 16.7. The summed E-state index contributed by atoms with van der Waals surface area (Å²) in [6, 6.07) is 9.66. The van der Waals surface area contributed by atoms with E-state index in [9.17, 15) is 18.0 Å².